The minimum absolute atomic E-state index is 0.515. The molecule has 2 aliphatic rings. The third-order valence-corrected chi connectivity index (χ3v) is 3.10. The second-order valence-electron chi connectivity index (χ2n) is 3.99. The smallest absolute Gasteiger partial charge is 0.149 e. The molecule has 3 rings (SSSR count). The van der Waals surface area contributed by atoms with Crippen LogP contribution in [0.15, 0.2) is 0 Å². The second-order valence-corrected chi connectivity index (χ2v) is 3.99. The molecule has 14 heavy (non-hydrogen) atoms. The monoisotopic (exact) mass is 193 g/mol. The summed E-state index contributed by atoms with van der Waals surface area (Å²) in [7, 11) is 0. The van der Waals surface area contributed by atoms with Crippen LogP contribution in [0.3, 0.4) is 0 Å². The van der Waals surface area contributed by atoms with E-state index in [4.69, 9.17) is 5.73 Å². The van der Waals surface area contributed by atoms with Crippen molar-refractivity contribution in [3.8, 4) is 0 Å². The Morgan fingerprint density at radius 3 is 2.93 bits per heavy atom. The van der Waals surface area contributed by atoms with Gasteiger partial charge < -0.3 is 16.4 Å². The highest BCUT2D eigenvalue weighted by Gasteiger charge is 2.26. The lowest BCUT2D eigenvalue weighted by molar-refractivity contribution is 0.307. The molecule has 0 radical (unpaired) electrons. The van der Waals surface area contributed by atoms with Crippen molar-refractivity contribution in [3.63, 3.8) is 0 Å². The summed E-state index contributed by atoms with van der Waals surface area (Å²) in [5.74, 6) is 0.730. The Labute approximate surface area is 82.7 Å². The van der Waals surface area contributed by atoms with Gasteiger partial charge in [0, 0.05) is 25.2 Å². The number of anilines is 1. The number of fused-ring (bicyclic) bond motifs is 1. The fraction of sp³-hybridized carbons (Fsp3) is 0.667. The van der Waals surface area contributed by atoms with E-state index in [-0.39, 0.29) is 0 Å². The second kappa shape index (κ2) is 2.96. The van der Waals surface area contributed by atoms with Gasteiger partial charge in [0.15, 0.2) is 0 Å². The summed E-state index contributed by atoms with van der Waals surface area (Å²) < 4.78 is 2.10. The van der Waals surface area contributed by atoms with Crippen LogP contribution in [0.5, 0.6) is 0 Å². The maximum Gasteiger partial charge on any atom is 0.149 e. The van der Waals surface area contributed by atoms with Crippen LogP contribution >= 0.6 is 0 Å². The molecule has 0 unspecified atom stereocenters. The van der Waals surface area contributed by atoms with Crippen LogP contribution in [0.25, 0.3) is 0 Å². The standard InChI is InChI=1S/C9H15N5/c10-9-7-1-2-11-5-8(7)14(13-9)6-3-12-4-6/h6,11-12H,1-5H2,(H2,10,13). The molecule has 5 heteroatoms. The summed E-state index contributed by atoms with van der Waals surface area (Å²) in [5.41, 5.74) is 8.45. The van der Waals surface area contributed by atoms with Crippen LogP contribution in [0.4, 0.5) is 5.82 Å². The Balaban J connectivity index is 2.02. The molecule has 1 fully saturated rings. The Hall–Kier alpha value is -1.07. The molecular formula is C9H15N5. The van der Waals surface area contributed by atoms with E-state index in [1.165, 1.54) is 11.3 Å². The van der Waals surface area contributed by atoms with E-state index in [0.717, 1.165) is 38.4 Å². The Bertz CT molecular complexity index is 352. The summed E-state index contributed by atoms with van der Waals surface area (Å²) in [5, 5.41) is 11.0. The molecule has 1 saturated heterocycles. The Morgan fingerprint density at radius 2 is 2.21 bits per heavy atom. The number of hydrogen-bond donors (Lipinski definition) is 3. The van der Waals surface area contributed by atoms with Crippen molar-refractivity contribution < 1.29 is 0 Å². The van der Waals surface area contributed by atoms with Crippen molar-refractivity contribution in [3.05, 3.63) is 11.3 Å². The summed E-state index contributed by atoms with van der Waals surface area (Å²) >= 11 is 0. The van der Waals surface area contributed by atoms with E-state index < -0.39 is 0 Å². The highest BCUT2D eigenvalue weighted by Crippen LogP contribution is 2.24. The van der Waals surface area contributed by atoms with Gasteiger partial charge in [-0.2, -0.15) is 5.10 Å². The third-order valence-electron chi connectivity index (χ3n) is 3.10. The van der Waals surface area contributed by atoms with Gasteiger partial charge in [0.2, 0.25) is 0 Å². The first-order chi connectivity index (χ1) is 6.86. The van der Waals surface area contributed by atoms with E-state index in [0.29, 0.717) is 6.04 Å². The molecule has 0 saturated carbocycles. The average molecular weight is 193 g/mol. The number of nitrogen functional groups attached to an aromatic ring is 1. The Kier molecular flexibility index (Phi) is 1.75. The summed E-state index contributed by atoms with van der Waals surface area (Å²) in [6.45, 7) is 3.98. The molecule has 0 bridgehead atoms. The number of hydrogen-bond acceptors (Lipinski definition) is 4. The van der Waals surface area contributed by atoms with Crippen LogP contribution < -0.4 is 16.4 Å². The molecule has 5 nitrogen and oxygen atoms in total. The zero-order chi connectivity index (χ0) is 9.54. The van der Waals surface area contributed by atoms with Gasteiger partial charge in [-0.05, 0) is 13.0 Å². The van der Waals surface area contributed by atoms with E-state index in [2.05, 4.69) is 20.4 Å². The topological polar surface area (TPSA) is 67.9 Å². The predicted molar refractivity (Wildman–Crippen MR) is 54.0 cm³/mol. The van der Waals surface area contributed by atoms with Gasteiger partial charge in [0.25, 0.3) is 0 Å². The molecule has 1 aromatic heterocycles. The van der Waals surface area contributed by atoms with Crippen LogP contribution in [0, 0.1) is 0 Å². The van der Waals surface area contributed by atoms with Crippen molar-refractivity contribution in [1.29, 1.82) is 0 Å². The molecule has 0 spiro atoms. The van der Waals surface area contributed by atoms with Crippen molar-refractivity contribution in [2.45, 2.75) is 19.0 Å². The van der Waals surface area contributed by atoms with E-state index >= 15 is 0 Å². The third kappa shape index (κ3) is 1.06. The predicted octanol–water partition coefficient (Wildman–Crippen LogP) is -0.745. The normalized spacial score (nSPS) is 21.7. The molecule has 0 aromatic carbocycles. The fourth-order valence-corrected chi connectivity index (χ4v) is 2.15. The SMILES string of the molecule is Nc1nn(C2CNC2)c2c1CCNC2. The van der Waals surface area contributed by atoms with Crippen molar-refractivity contribution in [2.24, 2.45) is 0 Å². The van der Waals surface area contributed by atoms with Crippen LogP contribution in [0.2, 0.25) is 0 Å². The molecule has 0 aliphatic carbocycles. The number of rotatable bonds is 1. The highest BCUT2D eigenvalue weighted by molar-refractivity contribution is 5.44. The molecule has 3 heterocycles. The van der Waals surface area contributed by atoms with Crippen LogP contribution in [0.1, 0.15) is 17.3 Å². The van der Waals surface area contributed by atoms with Crippen molar-refractivity contribution >= 4 is 5.82 Å². The molecule has 2 aliphatic heterocycles. The number of nitrogens with two attached hydrogens (primary N) is 1. The molecule has 4 N–H and O–H groups in total. The van der Waals surface area contributed by atoms with E-state index in [1.807, 2.05) is 0 Å². The van der Waals surface area contributed by atoms with E-state index in [9.17, 15) is 0 Å². The zero-order valence-electron chi connectivity index (χ0n) is 8.08. The molecular weight excluding hydrogens is 178 g/mol. The van der Waals surface area contributed by atoms with Gasteiger partial charge in [-0.25, -0.2) is 0 Å². The maximum atomic E-state index is 5.90. The quantitative estimate of drug-likeness (QED) is 0.549. The van der Waals surface area contributed by atoms with Gasteiger partial charge in [0.05, 0.1) is 11.7 Å². The lowest BCUT2D eigenvalue weighted by Crippen LogP contribution is -2.45. The first-order valence-corrected chi connectivity index (χ1v) is 5.13. The minimum Gasteiger partial charge on any atom is -0.382 e. The summed E-state index contributed by atoms with van der Waals surface area (Å²) in [6.07, 6.45) is 1.02. The van der Waals surface area contributed by atoms with Gasteiger partial charge in [0.1, 0.15) is 5.82 Å². The van der Waals surface area contributed by atoms with Gasteiger partial charge in [-0.3, -0.25) is 4.68 Å². The van der Waals surface area contributed by atoms with Crippen molar-refractivity contribution in [1.82, 2.24) is 20.4 Å². The first kappa shape index (κ1) is 8.26. The highest BCUT2D eigenvalue weighted by atomic mass is 15.4. The molecule has 76 valence electrons. The lowest BCUT2D eigenvalue weighted by atomic mass is 10.1. The first-order valence-electron chi connectivity index (χ1n) is 5.13. The zero-order valence-corrected chi connectivity index (χ0v) is 8.08. The summed E-state index contributed by atoms with van der Waals surface area (Å²) in [6, 6.07) is 0.515. The van der Waals surface area contributed by atoms with Crippen molar-refractivity contribution in [2.75, 3.05) is 25.4 Å². The maximum absolute atomic E-state index is 5.90. The fourth-order valence-electron chi connectivity index (χ4n) is 2.15. The number of nitrogens with one attached hydrogen (secondary N) is 2. The van der Waals surface area contributed by atoms with Gasteiger partial charge >= 0.3 is 0 Å². The minimum atomic E-state index is 0.515. The molecule has 0 amide bonds. The number of aromatic nitrogens is 2. The van der Waals surface area contributed by atoms with Crippen LogP contribution in [-0.4, -0.2) is 29.4 Å². The van der Waals surface area contributed by atoms with Gasteiger partial charge in [-0.15, -0.1) is 0 Å². The summed E-state index contributed by atoms with van der Waals surface area (Å²) in [4.78, 5) is 0. The average Bonchev–Trinajstić information content (AvgIpc) is 2.43. The lowest BCUT2D eigenvalue weighted by Gasteiger charge is -2.29. The largest absolute Gasteiger partial charge is 0.382 e. The number of nitrogens with zero attached hydrogens (tertiary/aromatic N) is 2. The van der Waals surface area contributed by atoms with E-state index in [1.54, 1.807) is 0 Å². The molecule has 1 aromatic rings. The molecule has 0 atom stereocenters. The Morgan fingerprint density at radius 1 is 1.36 bits per heavy atom. The van der Waals surface area contributed by atoms with Crippen LogP contribution in [-0.2, 0) is 13.0 Å². The van der Waals surface area contributed by atoms with Gasteiger partial charge in [-0.1, -0.05) is 0 Å².